The van der Waals surface area contributed by atoms with Gasteiger partial charge in [0.1, 0.15) is 5.82 Å². The molecule has 19 heavy (non-hydrogen) atoms. The number of piperidine rings is 1. The Balaban J connectivity index is 1.71. The predicted octanol–water partition coefficient (Wildman–Crippen LogP) is 2.31. The normalized spacial score (nSPS) is 32.2. The maximum Gasteiger partial charge on any atom is 0.101 e. The minimum absolute atomic E-state index is 0.656. The van der Waals surface area contributed by atoms with Crippen LogP contribution in [0.15, 0.2) is 36.3 Å². The van der Waals surface area contributed by atoms with Crippen LogP contribution in [0.4, 0.5) is 0 Å². The zero-order chi connectivity index (χ0) is 13.4. The fraction of sp³-hybridized carbons (Fsp3) is 0.625. The lowest BCUT2D eigenvalue weighted by Gasteiger charge is -2.38. The summed E-state index contributed by atoms with van der Waals surface area (Å²) in [6.45, 7) is 15.3. The predicted molar refractivity (Wildman–Crippen MR) is 79.4 cm³/mol. The average Bonchev–Trinajstić information content (AvgIpc) is 2.97. The van der Waals surface area contributed by atoms with Gasteiger partial charge >= 0.3 is 0 Å². The Labute approximate surface area is 116 Å². The van der Waals surface area contributed by atoms with Crippen LogP contribution in [0.25, 0.3) is 0 Å². The molecule has 0 saturated carbocycles. The maximum absolute atomic E-state index is 4.36. The van der Waals surface area contributed by atoms with E-state index < -0.39 is 0 Å². The quantitative estimate of drug-likeness (QED) is 0.821. The van der Waals surface area contributed by atoms with Gasteiger partial charge < -0.3 is 15.1 Å². The van der Waals surface area contributed by atoms with Crippen LogP contribution in [-0.4, -0.2) is 42.0 Å². The first-order valence-corrected chi connectivity index (χ1v) is 7.49. The van der Waals surface area contributed by atoms with Gasteiger partial charge in [-0.3, -0.25) is 0 Å². The van der Waals surface area contributed by atoms with Gasteiger partial charge in [-0.25, -0.2) is 0 Å². The molecule has 3 nitrogen and oxygen atoms in total. The van der Waals surface area contributed by atoms with E-state index >= 15 is 0 Å². The van der Waals surface area contributed by atoms with Gasteiger partial charge in [0.05, 0.1) is 0 Å². The van der Waals surface area contributed by atoms with E-state index in [-0.39, 0.29) is 0 Å². The third-order valence-corrected chi connectivity index (χ3v) is 4.77. The highest BCUT2D eigenvalue weighted by Gasteiger charge is 2.34. The Morgan fingerprint density at radius 1 is 1.26 bits per heavy atom. The van der Waals surface area contributed by atoms with Gasteiger partial charge in [0.15, 0.2) is 0 Å². The SMILES string of the molecule is C=C1C=C(N2CCN(C3CCNCC3C)C2=C)CC1. The van der Waals surface area contributed by atoms with E-state index in [1.54, 1.807) is 0 Å². The summed E-state index contributed by atoms with van der Waals surface area (Å²) in [5, 5.41) is 3.48. The maximum atomic E-state index is 4.36. The lowest BCUT2D eigenvalue weighted by Crippen LogP contribution is -2.47. The van der Waals surface area contributed by atoms with Crippen molar-refractivity contribution in [2.75, 3.05) is 26.2 Å². The molecular formula is C16H25N3. The fourth-order valence-corrected chi connectivity index (χ4v) is 3.63. The summed E-state index contributed by atoms with van der Waals surface area (Å²) in [5.41, 5.74) is 2.68. The first kappa shape index (κ1) is 12.8. The van der Waals surface area contributed by atoms with Crippen LogP contribution < -0.4 is 5.32 Å². The van der Waals surface area contributed by atoms with Crippen molar-refractivity contribution in [2.45, 2.75) is 32.2 Å². The van der Waals surface area contributed by atoms with Crippen molar-refractivity contribution in [1.29, 1.82) is 0 Å². The molecule has 0 aromatic heterocycles. The van der Waals surface area contributed by atoms with E-state index in [9.17, 15) is 0 Å². The second-order valence-electron chi connectivity index (χ2n) is 6.09. The molecule has 0 aromatic rings. The number of rotatable bonds is 2. The van der Waals surface area contributed by atoms with Crippen molar-refractivity contribution in [2.24, 2.45) is 5.92 Å². The minimum Gasteiger partial charge on any atom is -0.353 e. The third-order valence-electron chi connectivity index (χ3n) is 4.77. The molecule has 104 valence electrons. The van der Waals surface area contributed by atoms with Crippen LogP contribution >= 0.6 is 0 Å². The molecule has 0 radical (unpaired) electrons. The summed E-state index contributed by atoms with van der Waals surface area (Å²) >= 11 is 0. The Morgan fingerprint density at radius 2 is 2.11 bits per heavy atom. The molecule has 2 saturated heterocycles. The topological polar surface area (TPSA) is 18.5 Å². The molecule has 0 bridgehead atoms. The highest BCUT2D eigenvalue weighted by molar-refractivity contribution is 5.30. The Morgan fingerprint density at radius 3 is 2.79 bits per heavy atom. The van der Waals surface area contributed by atoms with E-state index in [0.717, 1.165) is 39.0 Å². The standard InChI is InChI=1S/C16H25N3/c1-12-4-5-15(10-12)18-8-9-19(14(18)3)16-6-7-17-11-13(16)2/h10,13,16-17H,1,3-9,11H2,2H3. The number of hydrogen-bond donors (Lipinski definition) is 1. The van der Waals surface area contributed by atoms with E-state index in [1.165, 1.54) is 23.5 Å². The van der Waals surface area contributed by atoms with E-state index in [0.29, 0.717) is 12.0 Å². The van der Waals surface area contributed by atoms with E-state index in [2.05, 4.69) is 41.3 Å². The second kappa shape index (κ2) is 5.04. The van der Waals surface area contributed by atoms with Crippen molar-refractivity contribution in [1.82, 2.24) is 15.1 Å². The van der Waals surface area contributed by atoms with Crippen molar-refractivity contribution in [3.05, 3.63) is 36.3 Å². The molecule has 2 fully saturated rings. The Hall–Kier alpha value is -1.22. The molecule has 3 aliphatic rings. The van der Waals surface area contributed by atoms with Crippen LogP contribution in [0.1, 0.15) is 26.2 Å². The van der Waals surface area contributed by atoms with Gasteiger partial charge in [-0.05, 0) is 44.3 Å². The van der Waals surface area contributed by atoms with Crippen LogP contribution in [0.3, 0.4) is 0 Å². The molecule has 2 aliphatic heterocycles. The monoisotopic (exact) mass is 259 g/mol. The Kier molecular flexibility index (Phi) is 3.40. The highest BCUT2D eigenvalue weighted by Crippen LogP contribution is 2.34. The van der Waals surface area contributed by atoms with E-state index in [4.69, 9.17) is 0 Å². The largest absolute Gasteiger partial charge is 0.353 e. The van der Waals surface area contributed by atoms with Gasteiger partial charge in [0.25, 0.3) is 0 Å². The molecule has 0 aromatic carbocycles. The summed E-state index contributed by atoms with van der Waals surface area (Å²) in [5.74, 6) is 1.91. The summed E-state index contributed by atoms with van der Waals surface area (Å²) in [6, 6.07) is 0.656. The first-order chi connectivity index (χ1) is 9.16. The molecule has 0 amide bonds. The third kappa shape index (κ3) is 2.32. The van der Waals surface area contributed by atoms with Gasteiger partial charge in [0.2, 0.25) is 0 Å². The number of allylic oxidation sites excluding steroid dienone is 3. The number of hydrogen-bond acceptors (Lipinski definition) is 3. The van der Waals surface area contributed by atoms with Crippen LogP contribution in [0, 0.1) is 5.92 Å². The molecule has 2 unspecified atom stereocenters. The summed E-state index contributed by atoms with van der Waals surface area (Å²) in [7, 11) is 0. The minimum atomic E-state index is 0.656. The smallest absolute Gasteiger partial charge is 0.101 e. The molecule has 3 rings (SSSR count). The second-order valence-corrected chi connectivity index (χ2v) is 6.09. The fourth-order valence-electron chi connectivity index (χ4n) is 3.63. The summed E-state index contributed by atoms with van der Waals surface area (Å²) in [6.07, 6.45) is 5.73. The molecular weight excluding hydrogens is 234 g/mol. The van der Waals surface area contributed by atoms with Crippen LogP contribution in [0.5, 0.6) is 0 Å². The van der Waals surface area contributed by atoms with Crippen LogP contribution in [0.2, 0.25) is 0 Å². The summed E-state index contributed by atoms with van der Waals surface area (Å²) < 4.78 is 0. The van der Waals surface area contributed by atoms with Crippen molar-refractivity contribution < 1.29 is 0 Å². The van der Waals surface area contributed by atoms with Gasteiger partial charge in [-0.15, -0.1) is 0 Å². The zero-order valence-corrected chi connectivity index (χ0v) is 12.0. The van der Waals surface area contributed by atoms with Crippen molar-refractivity contribution in [3.8, 4) is 0 Å². The lowest BCUT2D eigenvalue weighted by molar-refractivity contribution is 0.170. The molecule has 2 heterocycles. The lowest BCUT2D eigenvalue weighted by atomic mass is 9.94. The average molecular weight is 259 g/mol. The molecule has 2 atom stereocenters. The molecule has 3 heteroatoms. The molecule has 0 spiro atoms. The van der Waals surface area contributed by atoms with Gasteiger partial charge in [0, 0.05) is 24.8 Å². The molecule has 1 aliphatic carbocycles. The van der Waals surface area contributed by atoms with Crippen LogP contribution in [-0.2, 0) is 0 Å². The molecule has 1 N–H and O–H groups in total. The highest BCUT2D eigenvalue weighted by atomic mass is 15.4. The van der Waals surface area contributed by atoms with Crippen molar-refractivity contribution >= 4 is 0 Å². The zero-order valence-electron chi connectivity index (χ0n) is 12.0. The van der Waals surface area contributed by atoms with Gasteiger partial charge in [-0.2, -0.15) is 0 Å². The first-order valence-electron chi connectivity index (χ1n) is 7.49. The number of nitrogens with zero attached hydrogens (tertiary/aromatic N) is 2. The van der Waals surface area contributed by atoms with Gasteiger partial charge in [-0.1, -0.05) is 25.7 Å². The van der Waals surface area contributed by atoms with E-state index in [1.807, 2.05) is 0 Å². The van der Waals surface area contributed by atoms with Crippen molar-refractivity contribution in [3.63, 3.8) is 0 Å². The number of nitrogens with one attached hydrogen (secondary N) is 1. The summed E-state index contributed by atoms with van der Waals surface area (Å²) in [4.78, 5) is 4.94. The Bertz CT molecular complexity index is 424.